The lowest BCUT2D eigenvalue weighted by Crippen LogP contribution is -1.89. The largest absolute Gasteiger partial charge is 0.303 e. The van der Waals surface area contributed by atoms with Crippen molar-refractivity contribution in [2.75, 3.05) is 0 Å². The number of carbonyl (C=O) groups excluding carboxylic acids is 1. The molecule has 0 radical (unpaired) electrons. The zero-order valence-corrected chi connectivity index (χ0v) is 10.3. The van der Waals surface area contributed by atoms with Gasteiger partial charge in [0, 0.05) is 6.42 Å². The number of rotatable bonds is 8. The van der Waals surface area contributed by atoms with E-state index < -0.39 is 0 Å². The first-order chi connectivity index (χ1) is 7.20. The van der Waals surface area contributed by atoms with Gasteiger partial charge in [-0.15, -0.1) is 0 Å². The van der Waals surface area contributed by atoms with Crippen LogP contribution in [0.1, 0.15) is 52.9 Å². The topological polar surface area (TPSA) is 17.1 Å². The molecule has 0 spiro atoms. The third kappa shape index (κ3) is 9.45. The molecule has 1 atom stereocenters. The summed E-state index contributed by atoms with van der Waals surface area (Å²) in [4.78, 5) is 10.2. The Hall–Kier alpha value is -0.850. The number of aldehydes is 1. The van der Waals surface area contributed by atoms with Gasteiger partial charge in [0.1, 0.15) is 6.29 Å². The molecule has 0 aromatic carbocycles. The van der Waals surface area contributed by atoms with E-state index in [-0.39, 0.29) is 0 Å². The molecule has 15 heavy (non-hydrogen) atoms. The van der Waals surface area contributed by atoms with Gasteiger partial charge in [0.15, 0.2) is 0 Å². The van der Waals surface area contributed by atoms with Crippen LogP contribution < -0.4 is 0 Å². The molecular formula is C14H24O. The van der Waals surface area contributed by atoms with E-state index in [4.69, 9.17) is 0 Å². The van der Waals surface area contributed by atoms with Crippen molar-refractivity contribution in [3.05, 3.63) is 23.8 Å². The highest BCUT2D eigenvalue weighted by molar-refractivity contribution is 5.50. The Morgan fingerprint density at radius 1 is 1.33 bits per heavy atom. The standard InChI is InChI=1S/C14H24O/c1-4-13(2)9-7-5-6-8-10-14(3)11-12-15/h8-10,12,14H,4-7,11H2,1-3H3. The Morgan fingerprint density at radius 3 is 2.67 bits per heavy atom. The minimum atomic E-state index is 0.399. The summed E-state index contributed by atoms with van der Waals surface area (Å²) in [6.07, 6.45) is 13.0. The second-order valence-corrected chi connectivity index (χ2v) is 4.14. The van der Waals surface area contributed by atoms with E-state index in [0.717, 1.165) is 19.1 Å². The zero-order valence-electron chi connectivity index (χ0n) is 10.3. The predicted molar refractivity (Wildman–Crippen MR) is 66.9 cm³/mol. The van der Waals surface area contributed by atoms with Crippen LogP contribution in [0, 0.1) is 5.92 Å². The summed E-state index contributed by atoms with van der Waals surface area (Å²) < 4.78 is 0. The number of unbranched alkanes of at least 4 members (excludes halogenated alkanes) is 2. The van der Waals surface area contributed by atoms with Gasteiger partial charge in [0.05, 0.1) is 0 Å². The number of allylic oxidation sites excluding steroid dienone is 4. The molecular weight excluding hydrogens is 184 g/mol. The normalized spacial score (nSPS) is 14.5. The molecule has 0 aliphatic heterocycles. The molecule has 0 fully saturated rings. The molecule has 0 aliphatic rings. The highest BCUT2D eigenvalue weighted by Gasteiger charge is 1.93. The third-order valence-electron chi connectivity index (χ3n) is 2.56. The summed E-state index contributed by atoms with van der Waals surface area (Å²) in [6.45, 7) is 6.45. The monoisotopic (exact) mass is 208 g/mol. The Kier molecular flexibility index (Phi) is 9.15. The third-order valence-corrected chi connectivity index (χ3v) is 2.56. The number of hydrogen-bond acceptors (Lipinski definition) is 1. The molecule has 1 nitrogen and oxygen atoms in total. The van der Waals surface area contributed by atoms with Crippen LogP contribution in [-0.4, -0.2) is 6.29 Å². The summed E-state index contributed by atoms with van der Waals surface area (Å²) in [6, 6.07) is 0. The van der Waals surface area contributed by atoms with Gasteiger partial charge in [-0.2, -0.15) is 0 Å². The number of hydrogen-bond donors (Lipinski definition) is 0. The molecule has 0 amide bonds. The fraction of sp³-hybridized carbons (Fsp3) is 0.643. The van der Waals surface area contributed by atoms with Crippen LogP contribution in [0.2, 0.25) is 0 Å². The van der Waals surface area contributed by atoms with E-state index in [2.05, 4.69) is 39.0 Å². The minimum Gasteiger partial charge on any atom is -0.303 e. The maximum atomic E-state index is 10.2. The van der Waals surface area contributed by atoms with Crippen LogP contribution >= 0.6 is 0 Å². The van der Waals surface area contributed by atoms with Gasteiger partial charge < -0.3 is 4.79 Å². The molecule has 0 aromatic heterocycles. The summed E-state index contributed by atoms with van der Waals surface area (Å²) in [5, 5.41) is 0. The van der Waals surface area contributed by atoms with E-state index in [1.54, 1.807) is 0 Å². The smallest absolute Gasteiger partial charge is 0.120 e. The first kappa shape index (κ1) is 14.2. The molecule has 0 rings (SSSR count). The quantitative estimate of drug-likeness (QED) is 0.330. The molecule has 0 N–H and O–H groups in total. The lowest BCUT2D eigenvalue weighted by molar-refractivity contribution is -0.108. The molecule has 0 aliphatic carbocycles. The van der Waals surface area contributed by atoms with E-state index >= 15 is 0 Å². The van der Waals surface area contributed by atoms with Crippen LogP contribution in [-0.2, 0) is 4.79 Å². The maximum Gasteiger partial charge on any atom is 0.120 e. The van der Waals surface area contributed by atoms with Crippen molar-refractivity contribution in [1.82, 2.24) is 0 Å². The van der Waals surface area contributed by atoms with Crippen LogP contribution in [0.15, 0.2) is 23.8 Å². The average molecular weight is 208 g/mol. The minimum absolute atomic E-state index is 0.399. The second kappa shape index (κ2) is 9.70. The fourth-order valence-corrected chi connectivity index (χ4v) is 1.29. The first-order valence-corrected chi connectivity index (χ1v) is 5.96. The molecule has 0 aromatic rings. The highest BCUT2D eigenvalue weighted by atomic mass is 16.1. The van der Waals surface area contributed by atoms with Crippen molar-refractivity contribution in [2.24, 2.45) is 5.92 Å². The van der Waals surface area contributed by atoms with Crippen molar-refractivity contribution >= 4 is 6.29 Å². The number of carbonyl (C=O) groups is 1. The highest BCUT2D eigenvalue weighted by Crippen LogP contribution is 2.06. The van der Waals surface area contributed by atoms with Crippen LogP contribution in [0.4, 0.5) is 0 Å². The second-order valence-electron chi connectivity index (χ2n) is 4.14. The van der Waals surface area contributed by atoms with Gasteiger partial charge in [-0.25, -0.2) is 0 Å². The summed E-state index contributed by atoms with van der Waals surface area (Å²) in [5.41, 5.74) is 1.48. The van der Waals surface area contributed by atoms with E-state index in [0.29, 0.717) is 12.3 Å². The van der Waals surface area contributed by atoms with Gasteiger partial charge in [-0.1, -0.05) is 37.6 Å². The maximum absolute atomic E-state index is 10.2. The van der Waals surface area contributed by atoms with Crippen molar-refractivity contribution in [3.8, 4) is 0 Å². The van der Waals surface area contributed by atoms with Gasteiger partial charge >= 0.3 is 0 Å². The van der Waals surface area contributed by atoms with E-state index in [1.165, 1.54) is 18.4 Å². The van der Waals surface area contributed by atoms with Crippen molar-refractivity contribution < 1.29 is 4.79 Å². The summed E-state index contributed by atoms with van der Waals surface area (Å²) in [7, 11) is 0. The Morgan fingerprint density at radius 2 is 2.07 bits per heavy atom. The van der Waals surface area contributed by atoms with E-state index in [1.807, 2.05) is 0 Å². The van der Waals surface area contributed by atoms with E-state index in [9.17, 15) is 4.79 Å². The van der Waals surface area contributed by atoms with Gasteiger partial charge in [0.25, 0.3) is 0 Å². The molecule has 1 unspecified atom stereocenters. The Bertz CT molecular complexity index is 213. The van der Waals surface area contributed by atoms with Crippen molar-refractivity contribution in [3.63, 3.8) is 0 Å². The molecule has 0 bridgehead atoms. The molecule has 86 valence electrons. The average Bonchev–Trinajstić information content (AvgIpc) is 2.23. The first-order valence-electron chi connectivity index (χ1n) is 5.96. The Balaban J connectivity index is 3.49. The van der Waals surface area contributed by atoms with Crippen LogP contribution in [0.5, 0.6) is 0 Å². The van der Waals surface area contributed by atoms with Crippen molar-refractivity contribution in [1.29, 1.82) is 0 Å². The van der Waals surface area contributed by atoms with Gasteiger partial charge in [-0.05, 0) is 38.5 Å². The van der Waals surface area contributed by atoms with Crippen molar-refractivity contribution in [2.45, 2.75) is 52.9 Å². The zero-order chi connectivity index (χ0) is 11.5. The van der Waals surface area contributed by atoms with Crippen LogP contribution in [0.3, 0.4) is 0 Å². The Labute approximate surface area is 94.3 Å². The molecule has 0 saturated carbocycles. The molecule has 1 heteroatoms. The lowest BCUT2D eigenvalue weighted by Gasteiger charge is -1.98. The fourth-order valence-electron chi connectivity index (χ4n) is 1.29. The lowest BCUT2D eigenvalue weighted by atomic mass is 10.1. The SMILES string of the molecule is CCC(C)=CCCCC=CC(C)CC=O. The van der Waals surface area contributed by atoms with Gasteiger partial charge in [-0.3, -0.25) is 0 Å². The van der Waals surface area contributed by atoms with Gasteiger partial charge in [0.2, 0.25) is 0 Å². The molecule has 0 heterocycles. The molecule has 0 saturated heterocycles. The summed E-state index contributed by atoms with van der Waals surface area (Å²) in [5.74, 6) is 0.399. The predicted octanol–water partition coefficient (Wildman–Crippen LogP) is 4.29. The van der Waals surface area contributed by atoms with Crippen LogP contribution in [0.25, 0.3) is 0 Å². The summed E-state index contributed by atoms with van der Waals surface area (Å²) >= 11 is 0.